The van der Waals surface area contributed by atoms with Crippen molar-refractivity contribution in [3.63, 3.8) is 0 Å². The second-order valence-corrected chi connectivity index (χ2v) is 2.33. The predicted octanol–water partition coefficient (Wildman–Crippen LogP) is 1.40. The van der Waals surface area contributed by atoms with Gasteiger partial charge in [0.1, 0.15) is 12.0 Å². The maximum atomic E-state index is 8.28. The third-order valence-corrected chi connectivity index (χ3v) is 1.68. The van der Waals surface area contributed by atoms with Gasteiger partial charge >= 0.3 is 0 Å². The molecule has 1 atom stereocenters. The average molecular weight is 118 g/mol. The summed E-state index contributed by atoms with van der Waals surface area (Å²) >= 11 is 0. The molecule has 3 heteroatoms. The van der Waals surface area contributed by atoms with Crippen molar-refractivity contribution in [3.8, 4) is 0 Å². The summed E-state index contributed by atoms with van der Waals surface area (Å²) in [4.78, 5) is 0. The van der Waals surface area contributed by atoms with Crippen LogP contribution in [0.2, 0.25) is 0 Å². The summed E-state index contributed by atoms with van der Waals surface area (Å²) in [5, 5.41) is 8.28. The van der Waals surface area contributed by atoms with E-state index in [0.29, 0.717) is 8.81 Å². The molecule has 1 saturated heterocycles. The highest BCUT2D eigenvalue weighted by Crippen LogP contribution is 2.29. The molecule has 1 heterocycles. The first-order valence-electron chi connectivity index (χ1n) is 2.16. The predicted molar refractivity (Wildman–Crippen MR) is 29.6 cm³/mol. The molecule has 7 heavy (non-hydrogen) atoms. The van der Waals surface area contributed by atoms with E-state index in [2.05, 4.69) is 0 Å². The Labute approximate surface area is 44.0 Å². The Bertz CT molecular complexity index is 81.7. The van der Waals surface area contributed by atoms with Crippen LogP contribution in [0.1, 0.15) is 6.42 Å². The zero-order chi connectivity index (χ0) is 5.11. The normalized spacial score (nSPS) is 28.9. The van der Waals surface area contributed by atoms with E-state index in [1.54, 1.807) is 0 Å². The molecule has 0 aromatic heterocycles. The standard InChI is InChI=1S/C4H7O2P/c5-3-4-1-2-7-6-4/h3,5,7H,1-2H2/b4-3+. The van der Waals surface area contributed by atoms with Gasteiger partial charge in [0.05, 0.1) is 8.81 Å². The van der Waals surface area contributed by atoms with Crippen LogP contribution in [0.15, 0.2) is 12.0 Å². The van der Waals surface area contributed by atoms with E-state index in [1.807, 2.05) is 0 Å². The molecule has 0 bridgehead atoms. The van der Waals surface area contributed by atoms with Crippen LogP contribution in [-0.4, -0.2) is 11.3 Å². The van der Waals surface area contributed by atoms with Crippen LogP contribution < -0.4 is 0 Å². The topological polar surface area (TPSA) is 29.5 Å². The molecule has 0 aliphatic carbocycles. The second kappa shape index (κ2) is 2.17. The van der Waals surface area contributed by atoms with E-state index in [1.165, 1.54) is 0 Å². The second-order valence-electron chi connectivity index (χ2n) is 1.34. The Morgan fingerprint density at radius 1 is 1.86 bits per heavy atom. The summed E-state index contributed by atoms with van der Waals surface area (Å²) in [6.45, 7) is 0. The SMILES string of the molecule is O/C=C1\CCPO1. The number of allylic oxidation sites excluding steroid dienone is 1. The largest absolute Gasteiger partial charge is 0.512 e. The Balaban J connectivity index is 2.41. The molecule has 0 aromatic rings. The lowest BCUT2D eigenvalue weighted by Crippen LogP contribution is -1.72. The van der Waals surface area contributed by atoms with Crippen molar-refractivity contribution in [2.45, 2.75) is 6.42 Å². The van der Waals surface area contributed by atoms with Crippen LogP contribution in [0.3, 0.4) is 0 Å². The maximum absolute atomic E-state index is 8.28. The van der Waals surface area contributed by atoms with Crippen LogP contribution >= 0.6 is 8.81 Å². The molecule has 0 radical (unpaired) electrons. The lowest BCUT2D eigenvalue weighted by Gasteiger charge is -1.89. The highest BCUT2D eigenvalue weighted by Gasteiger charge is 2.05. The molecular weight excluding hydrogens is 111 g/mol. The van der Waals surface area contributed by atoms with Gasteiger partial charge in [-0.2, -0.15) is 0 Å². The quantitative estimate of drug-likeness (QED) is 0.384. The molecule has 1 fully saturated rings. The lowest BCUT2D eigenvalue weighted by atomic mass is 10.4. The number of rotatable bonds is 0. The zero-order valence-corrected chi connectivity index (χ0v) is 4.85. The van der Waals surface area contributed by atoms with Gasteiger partial charge in [0, 0.05) is 12.6 Å². The lowest BCUT2D eigenvalue weighted by molar-refractivity contribution is 0.407. The summed E-state index contributed by atoms with van der Waals surface area (Å²) in [5.74, 6) is 0.735. The first-order chi connectivity index (χ1) is 3.43. The summed E-state index contributed by atoms with van der Waals surface area (Å²) in [6.07, 6.45) is 3.03. The monoisotopic (exact) mass is 118 g/mol. The van der Waals surface area contributed by atoms with E-state index in [9.17, 15) is 0 Å². The van der Waals surface area contributed by atoms with Crippen molar-refractivity contribution in [3.05, 3.63) is 12.0 Å². The summed E-state index contributed by atoms with van der Waals surface area (Å²) in [7, 11) is 0.567. The van der Waals surface area contributed by atoms with E-state index in [0.717, 1.165) is 24.6 Å². The summed E-state index contributed by atoms with van der Waals surface area (Å²) in [6, 6.07) is 0. The van der Waals surface area contributed by atoms with Gasteiger partial charge < -0.3 is 9.63 Å². The van der Waals surface area contributed by atoms with Crippen LogP contribution in [0, 0.1) is 0 Å². The van der Waals surface area contributed by atoms with Crippen molar-refractivity contribution in [1.82, 2.24) is 0 Å². The van der Waals surface area contributed by atoms with Crippen molar-refractivity contribution < 1.29 is 9.63 Å². The Hall–Kier alpha value is -0.230. The average Bonchev–Trinajstić information content (AvgIpc) is 2.14. The minimum atomic E-state index is 0.567. The highest BCUT2D eigenvalue weighted by molar-refractivity contribution is 7.32. The van der Waals surface area contributed by atoms with Crippen molar-refractivity contribution in [2.24, 2.45) is 0 Å². The Morgan fingerprint density at radius 3 is 3.00 bits per heavy atom. The fourth-order valence-corrected chi connectivity index (χ4v) is 1.25. The highest BCUT2D eigenvalue weighted by atomic mass is 31.1. The van der Waals surface area contributed by atoms with Crippen molar-refractivity contribution in [2.75, 3.05) is 6.16 Å². The van der Waals surface area contributed by atoms with Gasteiger partial charge in [-0.3, -0.25) is 0 Å². The summed E-state index contributed by atoms with van der Waals surface area (Å²) < 4.78 is 4.94. The maximum Gasteiger partial charge on any atom is 0.134 e. The van der Waals surface area contributed by atoms with Crippen LogP contribution in [-0.2, 0) is 4.52 Å². The Morgan fingerprint density at radius 2 is 2.71 bits per heavy atom. The molecule has 40 valence electrons. The van der Waals surface area contributed by atoms with E-state index < -0.39 is 0 Å². The van der Waals surface area contributed by atoms with Gasteiger partial charge in [0.25, 0.3) is 0 Å². The molecule has 2 nitrogen and oxygen atoms in total. The molecule has 0 amide bonds. The molecular formula is C4H7O2P. The molecule has 1 aliphatic heterocycles. The number of aliphatic hydroxyl groups excluding tert-OH is 1. The van der Waals surface area contributed by atoms with Gasteiger partial charge in [0.2, 0.25) is 0 Å². The summed E-state index contributed by atoms with van der Waals surface area (Å²) in [5.41, 5.74) is 0. The third kappa shape index (κ3) is 1.07. The number of hydrogen-bond acceptors (Lipinski definition) is 2. The first-order valence-corrected chi connectivity index (χ1v) is 3.28. The minimum absolute atomic E-state index is 0.567. The van der Waals surface area contributed by atoms with E-state index in [-0.39, 0.29) is 0 Å². The molecule has 0 aromatic carbocycles. The van der Waals surface area contributed by atoms with E-state index >= 15 is 0 Å². The minimum Gasteiger partial charge on any atom is -0.512 e. The fourth-order valence-electron chi connectivity index (χ4n) is 0.460. The first kappa shape index (κ1) is 4.92. The van der Waals surface area contributed by atoms with E-state index in [4.69, 9.17) is 9.63 Å². The van der Waals surface area contributed by atoms with Crippen LogP contribution in [0.5, 0.6) is 0 Å². The van der Waals surface area contributed by atoms with Gasteiger partial charge in [0.15, 0.2) is 0 Å². The number of aliphatic hydroxyl groups is 1. The molecule has 1 rings (SSSR count). The smallest absolute Gasteiger partial charge is 0.134 e. The molecule has 1 aliphatic rings. The van der Waals surface area contributed by atoms with Gasteiger partial charge in [-0.15, -0.1) is 0 Å². The van der Waals surface area contributed by atoms with Gasteiger partial charge in [-0.05, 0) is 0 Å². The van der Waals surface area contributed by atoms with Crippen LogP contribution in [0.25, 0.3) is 0 Å². The number of hydrogen-bond donors (Lipinski definition) is 1. The fraction of sp³-hybridized carbons (Fsp3) is 0.500. The third-order valence-electron chi connectivity index (χ3n) is 0.821. The molecule has 0 saturated carbocycles. The molecule has 1 N–H and O–H groups in total. The van der Waals surface area contributed by atoms with Crippen molar-refractivity contribution in [1.29, 1.82) is 0 Å². The molecule has 0 spiro atoms. The van der Waals surface area contributed by atoms with Crippen molar-refractivity contribution >= 4 is 8.81 Å². The Kier molecular flexibility index (Phi) is 1.53. The van der Waals surface area contributed by atoms with Gasteiger partial charge in [-0.25, -0.2) is 0 Å². The van der Waals surface area contributed by atoms with Crippen LogP contribution in [0.4, 0.5) is 0 Å². The molecule has 1 unspecified atom stereocenters. The van der Waals surface area contributed by atoms with Gasteiger partial charge in [-0.1, -0.05) is 0 Å². The zero-order valence-electron chi connectivity index (χ0n) is 3.85.